The van der Waals surface area contributed by atoms with Crippen molar-refractivity contribution in [1.82, 2.24) is 10.2 Å². The summed E-state index contributed by atoms with van der Waals surface area (Å²) in [6, 6.07) is 16.0. The Morgan fingerprint density at radius 1 is 1.05 bits per heavy atom. The zero-order valence-corrected chi connectivity index (χ0v) is 13.9. The lowest BCUT2D eigenvalue weighted by Crippen LogP contribution is -2.26. The second kappa shape index (κ2) is 8.79. The van der Waals surface area contributed by atoms with E-state index in [1.165, 1.54) is 0 Å². The predicted octanol–water partition coefficient (Wildman–Crippen LogP) is 3.57. The fraction of sp³-hybridized carbons (Fsp3) is 0.333. The van der Waals surface area contributed by atoms with Crippen LogP contribution in [0.15, 0.2) is 48.5 Å². The van der Waals surface area contributed by atoms with Crippen LogP contribution in [0.5, 0.6) is 5.75 Å². The summed E-state index contributed by atoms with van der Waals surface area (Å²) in [5.41, 5.74) is 2.30. The van der Waals surface area contributed by atoms with Gasteiger partial charge in [0.2, 0.25) is 0 Å². The standard InChI is InChI=1S/C18H23ClN2O/c1-21(2)11-10-20-13-16-8-9-18(17(19)12-16)22-14-15-6-4-3-5-7-15/h3-9,12,20H,10-11,13-14H2,1-2H3. The van der Waals surface area contributed by atoms with Gasteiger partial charge in [-0.25, -0.2) is 0 Å². The molecule has 1 N–H and O–H groups in total. The maximum atomic E-state index is 6.30. The summed E-state index contributed by atoms with van der Waals surface area (Å²) in [6.07, 6.45) is 0. The Bertz CT molecular complexity index is 573. The zero-order chi connectivity index (χ0) is 15.8. The van der Waals surface area contributed by atoms with Gasteiger partial charge in [0.05, 0.1) is 5.02 Å². The largest absolute Gasteiger partial charge is 0.487 e. The zero-order valence-electron chi connectivity index (χ0n) is 13.2. The van der Waals surface area contributed by atoms with Crippen LogP contribution in [0.2, 0.25) is 5.02 Å². The lowest BCUT2D eigenvalue weighted by atomic mass is 10.2. The van der Waals surface area contributed by atoms with Gasteiger partial charge in [-0.3, -0.25) is 0 Å². The van der Waals surface area contributed by atoms with Crippen LogP contribution in [0.4, 0.5) is 0 Å². The molecule has 2 aromatic carbocycles. The minimum absolute atomic E-state index is 0.529. The van der Waals surface area contributed by atoms with Crippen LogP contribution in [0.1, 0.15) is 11.1 Å². The van der Waals surface area contributed by atoms with E-state index in [1.807, 2.05) is 42.5 Å². The van der Waals surface area contributed by atoms with Crippen LogP contribution in [0.3, 0.4) is 0 Å². The average molecular weight is 319 g/mol. The monoisotopic (exact) mass is 318 g/mol. The van der Waals surface area contributed by atoms with Gasteiger partial charge in [0.1, 0.15) is 12.4 Å². The van der Waals surface area contributed by atoms with Crippen LogP contribution >= 0.6 is 11.6 Å². The molecule has 2 aromatic rings. The molecule has 0 unspecified atom stereocenters. The fourth-order valence-electron chi connectivity index (χ4n) is 2.04. The Morgan fingerprint density at radius 2 is 1.82 bits per heavy atom. The highest BCUT2D eigenvalue weighted by atomic mass is 35.5. The topological polar surface area (TPSA) is 24.5 Å². The quantitative estimate of drug-likeness (QED) is 0.753. The van der Waals surface area contributed by atoms with E-state index in [0.717, 1.165) is 36.5 Å². The van der Waals surface area contributed by atoms with Crippen molar-refractivity contribution in [3.63, 3.8) is 0 Å². The van der Waals surface area contributed by atoms with Gasteiger partial charge in [0, 0.05) is 19.6 Å². The molecular formula is C18H23ClN2O. The molecule has 0 aliphatic heterocycles. The maximum absolute atomic E-state index is 6.30. The molecule has 0 atom stereocenters. The molecule has 0 amide bonds. The highest BCUT2D eigenvalue weighted by molar-refractivity contribution is 6.32. The van der Waals surface area contributed by atoms with Crippen molar-refractivity contribution in [1.29, 1.82) is 0 Å². The first-order chi connectivity index (χ1) is 10.6. The van der Waals surface area contributed by atoms with E-state index in [9.17, 15) is 0 Å². The first-order valence-electron chi connectivity index (χ1n) is 7.46. The van der Waals surface area contributed by atoms with Gasteiger partial charge in [-0.2, -0.15) is 0 Å². The molecule has 3 nitrogen and oxygen atoms in total. The molecule has 0 aliphatic carbocycles. The summed E-state index contributed by atoms with van der Waals surface area (Å²) in [5.74, 6) is 0.725. The summed E-state index contributed by atoms with van der Waals surface area (Å²) < 4.78 is 5.78. The number of ether oxygens (including phenoxy) is 1. The van der Waals surface area contributed by atoms with Crippen molar-refractivity contribution in [3.8, 4) is 5.75 Å². The van der Waals surface area contributed by atoms with Gasteiger partial charge in [-0.15, -0.1) is 0 Å². The van der Waals surface area contributed by atoms with Gasteiger partial charge >= 0.3 is 0 Å². The number of rotatable bonds is 8. The van der Waals surface area contributed by atoms with Crippen molar-refractivity contribution in [2.45, 2.75) is 13.2 Å². The number of likely N-dealkylation sites (N-methyl/N-ethyl adjacent to an activating group) is 1. The first kappa shape index (κ1) is 16.8. The predicted molar refractivity (Wildman–Crippen MR) is 92.5 cm³/mol. The molecule has 0 fully saturated rings. The lowest BCUT2D eigenvalue weighted by Gasteiger charge is -2.12. The molecule has 2 rings (SSSR count). The second-order valence-electron chi connectivity index (χ2n) is 5.52. The number of benzene rings is 2. The van der Waals surface area contributed by atoms with E-state index >= 15 is 0 Å². The lowest BCUT2D eigenvalue weighted by molar-refractivity contribution is 0.306. The van der Waals surface area contributed by atoms with Crippen molar-refractivity contribution in [3.05, 3.63) is 64.7 Å². The Balaban J connectivity index is 1.84. The molecule has 22 heavy (non-hydrogen) atoms. The number of halogens is 1. The molecule has 0 aromatic heterocycles. The Labute approximate surface area is 137 Å². The van der Waals surface area contributed by atoms with E-state index in [0.29, 0.717) is 11.6 Å². The molecule has 0 radical (unpaired) electrons. The second-order valence-corrected chi connectivity index (χ2v) is 5.93. The van der Waals surface area contributed by atoms with Crippen LogP contribution in [0, 0.1) is 0 Å². The molecule has 0 heterocycles. The van der Waals surface area contributed by atoms with E-state index in [-0.39, 0.29) is 0 Å². The Hall–Kier alpha value is -1.55. The molecular weight excluding hydrogens is 296 g/mol. The third kappa shape index (κ3) is 5.68. The average Bonchev–Trinajstić information content (AvgIpc) is 2.51. The Kier molecular flexibility index (Phi) is 6.72. The number of nitrogens with zero attached hydrogens (tertiary/aromatic N) is 1. The van der Waals surface area contributed by atoms with Crippen LogP contribution in [-0.2, 0) is 13.2 Å². The summed E-state index contributed by atoms with van der Waals surface area (Å²) in [6.45, 7) is 3.32. The molecule has 0 aliphatic rings. The van der Waals surface area contributed by atoms with Gasteiger partial charge in [-0.1, -0.05) is 48.0 Å². The molecule has 118 valence electrons. The van der Waals surface area contributed by atoms with E-state index in [4.69, 9.17) is 16.3 Å². The highest BCUT2D eigenvalue weighted by Crippen LogP contribution is 2.26. The van der Waals surface area contributed by atoms with Crippen LogP contribution < -0.4 is 10.1 Å². The van der Waals surface area contributed by atoms with Gasteiger partial charge in [0.15, 0.2) is 0 Å². The SMILES string of the molecule is CN(C)CCNCc1ccc(OCc2ccccc2)c(Cl)c1. The fourth-order valence-corrected chi connectivity index (χ4v) is 2.30. The van der Waals surface area contributed by atoms with Crippen molar-refractivity contribution < 1.29 is 4.74 Å². The first-order valence-corrected chi connectivity index (χ1v) is 7.83. The van der Waals surface area contributed by atoms with Gasteiger partial charge < -0.3 is 15.0 Å². The Morgan fingerprint density at radius 3 is 2.50 bits per heavy atom. The van der Waals surface area contributed by atoms with Gasteiger partial charge in [-0.05, 0) is 37.4 Å². The van der Waals surface area contributed by atoms with Crippen LogP contribution in [0.25, 0.3) is 0 Å². The summed E-state index contributed by atoms with van der Waals surface area (Å²) in [7, 11) is 4.13. The van der Waals surface area contributed by atoms with E-state index in [1.54, 1.807) is 0 Å². The van der Waals surface area contributed by atoms with Crippen molar-refractivity contribution in [2.75, 3.05) is 27.2 Å². The normalized spacial score (nSPS) is 10.9. The molecule has 4 heteroatoms. The number of nitrogens with one attached hydrogen (secondary N) is 1. The third-order valence-corrected chi connectivity index (χ3v) is 3.59. The van der Waals surface area contributed by atoms with E-state index < -0.39 is 0 Å². The minimum atomic E-state index is 0.529. The minimum Gasteiger partial charge on any atom is -0.487 e. The summed E-state index contributed by atoms with van der Waals surface area (Å²) >= 11 is 6.30. The highest BCUT2D eigenvalue weighted by Gasteiger charge is 2.04. The molecule has 0 bridgehead atoms. The van der Waals surface area contributed by atoms with Gasteiger partial charge in [0.25, 0.3) is 0 Å². The van der Waals surface area contributed by atoms with Crippen LogP contribution in [-0.4, -0.2) is 32.1 Å². The summed E-state index contributed by atoms with van der Waals surface area (Å²) in [5, 5.41) is 4.05. The smallest absolute Gasteiger partial charge is 0.138 e. The molecule has 0 saturated heterocycles. The number of hydrogen-bond donors (Lipinski definition) is 1. The van der Waals surface area contributed by atoms with Crippen molar-refractivity contribution in [2.24, 2.45) is 0 Å². The molecule has 0 spiro atoms. The number of hydrogen-bond acceptors (Lipinski definition) is 3. The van der Waals surface area contributed by atoms with Crippen molar-refractivity contribution >= 4 is 11.6 Å². The molecule has 0 saturated carbocycles. The van der Waals surface area contributed by atoms with E-state index in [2.05, 4.69) is 30.4 Å². The third-order valence-electron chi connectivity index (χ3n) is 3.30. The summed E-state index contributed by atoms with van der Waals surface area (Å²) in [4.78, 5) is 2.15. The maximum Gasteiger partial charge on any atom is 0.138 e.